The molecule has 0 aromatic heterocycles. The van der Waals surface area contributed by atoms with Crippen LogP contribution in [0, 0.1) is 0 Å². The second-order valence-electron chi connectivity index (χ2n) is 3.44. The lowest BCUT2D eigenvalue weighted by Crippen LogP contribution is -2.32. The molecule has 0 saturated carbocycles. The molecule has 0 saturated heterocycles. The lowest BCUT2D eigenvalue weighted by atomic mass is 10.4. The van der Waals surface area contributed by atoms with Crippen LogP contribution in [0.25, 0.3) is 0 Å². The quantitative estimate of drug-likeness (QED) is 0.448. The first-order valence-electron chi connectivity index (χ1n) is 4.89. The standard InChI is InChI=1S/C9H18N2O4S/c1-3-9(12)10-5-7-11(2)6-4-8-16(13,14)15/h3H,1,4-8H2,2H3,(H,10,12)(H,13,14,15). The van der Waals surface area contributed by atoms with Crippen LogP contribution < -0.4 is 5.32 Å². The fraction of sp³-hybridized carbons (Fsp3) is 0.667. The van der Waals surface area contributed by atoms with Crippen LogP contribution >= 0.6 is 0 Å². The molecule has 0 fully saturated rings. The van der Waals surface area contributed by atoms with Crippen molar-refractivity contribution in [2.75, 3.05) is 32.4 Å². The van der Waals surface area contributed by atoms with E-state index < -0.39 is 10.1 Å². The van der Waals surface area contributed by atoms with Gasteiger partial charge in [0.15, 0.2) is 0 Å². The average Bonchev–Trinajstić information content (AvgIpc) is 2.15. The molecule has 2 N–H and O–H groups in total. The number of hydrogen-bond donors (Lipinski definition) is 2. The summed E-state index contributed by atoms with van der Waals surface area (Å²) in [6, 6.07) is 0. The first kappa shape index (κ1) is 15.1. The van der Waals surface area contributed by atoms with Gasteiger partial charge in [0, 0.05) is 13.1 Å². The summed E-state index contributed by atoms with van der Waals surface area (Å²) in [4.78, 5) is 12.6. The molecule has 0 aromatic rings. The van der Waals surface area contributed by atoms with Crippen LogP contribution in [0.4, 0.5) is 0 Å². The van der Waals surface area contributed by atoms with Crippen LogP contribution in [0.2, 0.25) is 0 Å². The highest BCUT2D eigenvalue weighted by Gasteiger charge is 2.05. The predicted molar refractivity (Wildman–Crippen MR) is 61.7 cm³/mol. The van der Waals surface area contributed by atoms with E-state index in [0.717, 1.165) is 0 Å². The molecule has 0 radical (unpaired) electrons. The number of rotatable bonds is 8. The van der Waals surface area contributed by atoms with Gasteiger partial charge in [0.05, 0.1) is 5.75 Å². The van der Waals surface area contributed by atoms with Crippen molar-refractivity contribution in [1.29, 1.82) is 0 Å². The molecule has 6 nitrogen and oxygen atoms in total. The van der Waals surface area contributed by atoms with Gasteiger partial charge in [-0.05, 0) is 26.1 Å². The number of amides is 1. The molecule has 7 heteroatoms. The van der Waals surface area contributed by atoms with Gasteiger partial charge in [-0.3, -0.25) is 9.35 Å². The molecular weight excluding hydrogens is 232 g/mol. The maximum atomic E-state index is 10.8. The Hall–Kier alpha value is -0.920. The number of nitrogens with one attached hydrogen (secondary N) is 1. The molecule has 0 aromatic carbocycles. The Balaban J connectivity index is 3.56. The van der Waals surface area contributed by atoms with E-state index in [0.29, 0.717) is 26.1 Å². The Bertz CT molecular complexity index is 326. The normalized spacial score (nSPS) is 11.4. The maximum Gasteiger partial charge on any atom is 0.264 e. The van der Waals surface area contributed by atoms with Crippen molar-refractivity contribution in [3.8, 4) is 0 Å². The topological polar surface area (TPSA) is 86.7 Å². The number of carbonyl (C=O) groups is 1. The van der Waals surface area contributed by atoms with E-state index in [9.17, 15) is 13.2 Å². The van der Waals surface area contributed by atoms with Gasteiger partial charge >= 0.3 is 0 Å². The van der Waals surface area contributed by atoms with Crippen molar-refractivity contribution in [2.45, 2.75) is 6.42 Å². The lowest BCUT2D eigenvalue weighted by molar-refractivity contribution is -0.116. The fourth-order valence-corrected chi connectivity index (χ4v) is 1.56. The van der Waals surface area contributed by atoms with Gasteiger partial charge in [0.25, 0.3) is 10.1 Å². The summed E-state index contributed by atoms with van der Waals surface area (Å²) >= 11 is 0. The van der Waals surface area contributed by atoms with Crippen molar-refractivity contribution < 1.29 is 17.8 Å². The molecular formula is C9H18N2O4S. The molecule has 0 atom stereocenters. The molecule has 1 amide bonds. The molecule has 0 spiro atoms. The lowest BCUT2D eigenvalue weighted by Gasteiger charge is -2.15. The summed E-state index contributed by atoms with van der Waals surface area (Å²) < 4.78 is 29.3. The van der Waals surface area contributed by atoms with Gasteiger partial charge in [-0.1, -0.05) is 6.58 Å². The van der Waals surface area contributed by atoms with E-state index in [1.807, 2.05) is 11.9 Å². The predicted octanol–water partition coefficient (Wildman–Crippen LogP) is -0.502. The zero-order valence-corrected chi connectivity index (χ0v) is 10.2. The summed E-state index contributed by atoms with van der Waals surface area (Å²) in [5, 5.41) is 2.60. The second-order valence-corrected chi connectivity index (χ2v) is 5.01. The van der Waals surface area contributed by atoms with Crippen molar-refractivity contribution in [2.24, 2.45) is 0 Å². The highest BCUT2D eigenvalue weighted by molar-refractivity contribution is 7.85. The molecule has 0 unspecified atom stereocenters. The highest BCUT2D eigenvalue weighted by Crippen LogP contribution is 1.91. The maximum absolute atomic E-state index is 10.8. The molecule has 0 aliphatic heterocycles. The largest absolute Gasteiger partial charge is 0.351 e. The van der Waals surface area contributed by atoms with Crippen LogP contribution in [0.3, 0.4) is 0 Å². The number of carbonyl (C=O) groups excluding carboxylic acids is 1. The molecule has 0 bridgehead atoms. The Morgan fingerprint density at radius 3 is 2.62 bits per heavy atom. The fourth-order valence-electron chi connectivity index (χ4n) is 1.07. The van der Waals surface area contributed by atoms with Gasteiger partial charge < -0.3 is 10.2 Å². The minimum absolute atomic E-state index is 0.230. The summed E-state index contributed by atoms with van der Waals surface area (Å²) in [6.45, 7) is 4.96. The minimum atomic E-state index is -3.87. The Morgan fingerprint density at radius 2 is 2.12 bits per heavy atom. The van der Waals surface area contributed by atoms with Crippen LogP contribution in [0.15, 0.2) is 12.7 Å². The third kappa shape index (κ3) is 9.63. The van der Waals surface area contributed by atoms with Crippen molar-refractivity contribution in [3.05, 3.63) is 12.7 Å². The van der Waals surface area contributed by atoms with Crippen LogP contribution in [-0.4, -0.2) is 56.2 Å². The van der Waals surface area contributed by atoms with Crippen LogP contribution in [-0.2, 0) is 14.9 Å². The summed E-state index contributed by atoms with van der Waals surface area (Å²) in [6.07, 6.45) is 1.56. The van der Waals surface area contributed by atoms with Crippen molar-refractivity contribution >= 4 is 16.0 Å². The summed E-state index contributed by atoms with van der Waals surface area (Å²) in [7, 11) is -2.06. The Labute approximate surface area is 96.1 Å². The molecule has 0 heterocycles. The van der Waals surface area contributed by atoms with Crippen molar-refractivity contribution in [3.63, 3.8) is 0 Å². The SMILES string of the molecule is C=CC(=O)NCCN(C)CCCS(=O)(=O)O. The number of nitrogens with zero attached hydrogens (tertiary/aromatic N) is 1. The van der Waals surface area contributed by atoms with E-state index in [4.69, 9.17) is 4.55 Å². The molecule has 94 valence electrons. The van der Waals surface area contributed by atoms with Gasteiger partial charge in [-0.15, -0.1) is 0 Å². The number of likely N-dealkylation sites (N-methyl/N-ethyl adjacent to an activating group) is 1. The third-order valence-corrected chi connectivity index (χ3v) is 2.72. The van der Waals surface area contributed by atoms with E-state index in [1.165, 1.54) is 6.08 Å². The van der Waals surface area contributed by atoms with E-state index >= 15 is 0 Å². The highest BCUT2D eigenvalue weighted by atomic mass is 32.2. The molecule has 0 rings (SSSR count). The minimum Gasteiger partial charge on any atom is -0.351 e. The first-order chi connectivity index (χ1) is 7.35. The first-order valence-corrected chi connectivity index (χ1v) is 6.50. The van der Waals surface area contributed by atoms with E-state index in [1.54, 1.807) is 0 Å². The second kappa shape index (κ2) is 7.37. The Kier molecular flexibility index (Phi) is 6.95. The summed E-state index contributed by atoms with van der Waals surface area (Å²) in [5.41, 5.74) is 0. The van der Waals surface area contributed by atoms with Crippen LogP contribution in [0.5, 0.6) is 0 Å². The summed E-state index contributed by atoms with van der Waals surface area (Å²) in [5.74, 6) is -0.470. The zero-order chi connectivity index (χ0) is 12.6. The monoisotopic (exact) mass is 250 g/mol. The van der Waals surface area contributed by atoms with E-state index in [2.05, 4.69) is 11.9 Å². The van der Waals surface area contributed by atoms with Gasteiger partial charge in [-0.2, -0.15) is 8.42 Å². The smallest absolute Gasteiger partial charge is 0.264 e. The average molecular weight is 250 g/mol. The van der Waals surface area contributed by atoms with Gasteiger partial charge in [0.2, 0.25) is 5.91 Å². The molecule has 0 aliphatic carbocycles. The third-order valence-electron chi connectivity index (χ3n) is 1.92. The van der Waals surface area contributed by atoms with E-state index in [-0.39, 0.29) is 11.7 Å². The molecule has 0 aliphatic rings. The molecule has 16 heavy (non-hydrogen) atoms. The zero-order valence-electron chi connectivity index (χ0n) is 9.35. The van der Waals surface area contributed by atoms with Gasteiger partial charge in [0.1, 0.15) is 0 Å². The van der Waals surface area contributed by atoms with Crippen LogP contribution in [0.1, 0.15) is 6.42 Å². The van der Waals surface area contributed by atoms with Crippen molar-refractivity contribution in [1.82, 2.24) is 10.2 Å². The Morgan fingerprint density at radius 1 is 1.50 bits per heavy atom. The number of hydrogen-bond acceptors (Lipinski definition) is 4. The van der Waals surface area contributed by atoms with Gasteiger partial charge in [-0.25, -0.2) is 0 Å².